The molecule has 0 saturated carbocycles. The van der Waals surface area contributed by atoms with Crippen LogP contribution in [0.3, 0.4) is 0 Å². The molecule has 122 valence electrons. The Hall–Kier alpha value is -1.72. The molecule has 0 spiro atoms. The Labute approximate surface area is 137 Å². The molecule has 2 aromatic carbocycles. The number of hydrogen-bond acceptors (Lipinski definition) is 4. The minimum atomic E-state index is -1.06. The van der Waals surface area contributed by atoms with E-state index in [1.165, 1.54) is 11.1 Å². The van der Waals surface area contributed by atoms with Gasteiger partial charge in [0.15, 0.2) is 0 Å². The van der Waals surface area contributed by atoms with Crippen LogP contribution < -0.4 is 0 Å². The number of hydrogen-bond donors (Lipinski definition) is 0. The molecular weight excluding hydrogens is 290 g/mol. The Morgan fingerprint density at radius 2 is 1.52 bits per heavy atom. The first-order chi connectivity index (χ1) is 11.2. The lowest BCUT2D eigenvalue weighted by atomic mass is 9.93. The van der Waals surface area contributed by atoms with Crippen molar-refractivity contribution in [2.45, 2.75) is 25.5 Å². The van der Waals surface area contributed by atoms with Crippen LogP contribution in [0.2, 0.25) is 0 Å². The van der Waals surface area contributed by atoms with Gasteiger partial charge in [0.25, 0.3) is 0 Å². The smallest absolute Gasteiger partial charge is 0.303 e. The largest absolute Gasteiger partial charge is 0.329 e. The summed E-state index contributed by atoms with van der Waals surface area (Å²) >= 11 is 0. The maximum Gasteiger partial charge on any atom is 0.303 e. The van der Waals surface area contributed by atoms with Crippen LogP contribution in [0.1, 0.15) is 24.1 Å². The third-order valence-electron chi connectivity index (χ3n) is 4.48. The van der Waals surface area contributed by atoms with Gasteiger partial charge in [-0.15, -0.1) is 0 Å². The molecule has 1 aliphatic heterocycles. The zero-order valence-corrected chi connectivity index (χ0v) is 13.8. The fourth-order valence-corrected chi connectivity index (χ4v) is 3.27. The molecule has 0 aromatic heterocycles. The summed E-state index contributed by atoms with van der Waals surface area (Å²) < 4.78 is 11.2. The number of benzene rings is 2. The topological polar surface area (TPSA) is 30.9 Å². The van der Waals surface area contributed by atoms with Crippen LogP contribution in [0.15, 0.2) is 60.7 Å². The molecule has 1 heterocycles. The summed E-state index contributed by atoms with van der Waals surface area (Å²) in [5, 5.41) is 1.96. The lowest BCUT2D eigenvalue weighted by Crippen LogP contribution is -2.39. The van der Waals surface area contributed by atoms with Crippen molar-refractivity contribution in [1.82, 2.24) is 5.06 Å². The van der Waals surface area contributed by atoms with Gasteiger partial charge in [-0.1, -0.05) is 67.6 Å². The van der Waals surface area contributed by atoms with Gasteiger partial charge >= 0.3 is 5.97 Å². The van der Waals surface area contributed by atoms with Crippen LogP contribution >= 0.6 is 0 Å². The normalized spacial score (nSPS) is 24.0. The average Bonchev–Trinajstić information content (AvgIpc) is 2.88. The molecule has 0 aliphatic carbocycles. The molecule has 0 amide bonds. The highest BCUT2D eigenvalue weighted by molar-refractivity contribution is 5.22. The summed E-state index contributed by atoms with van der Waals surface area (Å²) in [4.78, 5) is 6.12. The Bertz CT molecular complexity index is 613. The number of methoxy groups -OCH3 is 2. The van der Waals surface area contributed by atoms with Gasteiger partial charge in [0, 0.05) is 14.2 Å². The minimum absolute atomic E-state index is 0.0172. The second-order valence-corrected chi connectivity index (χ2v) is 5.81. The summed E-state index contributed by atoms with van der Waals surface area (Å²) in [6.45, 7) is 2.76. The van der Waals surface area contributed by atoms with Crippen LogP contribution in [0.5, 0.6) is 0 Å². The first-order valence-corrected chi connectivity index (χ1v) is 7.85. The first-order valence-electron chi connectivity index (χ1n) is 7.85. The Morgan fingerprint density at radius 1 is 0.957 bits per heavy atom. The molecule has 1 saturated heterocycles. The first kappa shape index (κ1) is 16.1. The molecule has 0 N–H and O–H groups in total. The van der Waals surface area contributed by atoms with Crippen molar-refractivity contribution < 1.29 is 14.3 Å². The minimum Gasteiger partial charge on any atom is -0.329 e. The zero-order chi connectivity index (χ0) is 16.3. The molecule has 4 nitrogen and oxygen atoms in total. The van der Waals surface area contributed by atoms with E-state index in [9.17, 15) is 0 Å². The highest BCUT2D eigenvalue weighted by Gasteiger charge is 2.54. The van der Waals surface area contributed by atoms with Crippen LogP contribution in [0, 0.1) is 5.92 Å². The van der Waals surface area contributed by atoms with Crippen molar-refractivity contribution in [3.63, 3.8) is 0 Å². The van der Waals surface area contributed by atoms with E-state index < -0.39 is 5.97 Å². The highest BCUT2D eigenvalue weighted by Crippen LogP contribution is 2.46. The second-order valence-electron chi connectivity index (χ2n) is 5.81. The van der Waals surface area contributed by atoms with Gasteiger partial charge in [-0.05, 0) is 11.1 Å². The molecule has 0 unspecified atom stereocenters. The molecule has 1 fully saturated rings. The Morgan fingerprint density at radius 3 is 2.09 bits per heavy atom. The van der Waals surface area contributed by atoms with Crippen molar-refractivity contribution in [1.29, 1.82) is 0 Å². The van der Waals surface area contributed by atoms with Gasteiger partial charge < -0.3 is 9.47 Å². The van der Waals surface area contributed by atoms with Gasteiger partial charge in [-0.2, -0.15) is 5.06 Å². The molecule has 1 aliphatic rings. The van der Waals surface area contributed by atoms with Crippen molar-refractivity contribution in [2.75, 3.05) is 14.2 Å². The van der Waals surface area contributed by atoms with E-state index in [1.807, 2.05) is 41.5 Å². The van der Waals surface area contributed by atoms with E-state index in [1.54, 1.807) is 14.2 Å². The maximum atomic E-state index is 6.12. The standard InChI is InChI=1S/C19H23NO3/c1-15-18(17-12-8-5-9-13-17)20(23-19(15,21-2)22-3)14-16-10-6-4-7-11-16/h4-13,15,18H,14H2,1-3H3/t15-,18-/m1/s1. The summed E-state index contributed by atoms with van der Waals surface area (Å²) in [5.41, 5.74) is 2.37. The van der Waals surface area contributed by atoms with Gasteiger partial charge in [0.2, 0.25) is 0 Å². The summed E-state index contributed by atoms with van der Waals surface area (Å²) in [5.74, 6) is -1.04. The monoisotopic (exact) mass is 313 g/mol. The van der Waals surface area contributed by atoms with Gasteiger partial charge in [0.05, 0.1) is 18.5 Å². The number of rotatable bonds is 5. The molecule has 2 atom stereocenters. The van der Waals surface area contributed by atoms with Gasteiger partial charge in [-0.3, -0.25) is 0 Å². The van der Waals surface area contributed by atoms with E-state index in [4.69, 9.17) is 14.3 Å². The molecule has 0 radical (unpaired) electrons. The molecule has 0 bridgehead atoms. The fourth-order valence-electron chi connectivity index (χ4n) is 3.27. The number of ether oxygens (including phenoxy) is 2. The number of hydroxylamine groups is 2. The van der Waals surface area contributed by atoms with E-state index in [2.05, 4.69) is 31.2 Å². The quantitative estimate of drug-likeness (QED) is 0.787. The third-order valence-corrected chi connectivity index (χ3v) is 4.48. The van der Waals surface area contributed by atoms with Crippen LogP contribution in [0.4, 0.5) is 0 Å². The summed E-state index contributed by atoms with van der Waals surface area (Å²) in [7, 11) is 3.24. The summed E-state index contributed by atoms with van der Waals surface area (Å²) in [6.07, 6.45) is 0. The van der Waals surface area contributed by atoms with Crippen LogP contribution in [-0.4, -0.2) is 25.3 Å². The van der Waals surface area contributed by atoms with Crippen molar-refractivity contribution in [3.05, 3.63) is 71.8 Å². The lowest BCUT2D eigenvalue weighted by Gasteiger charge is -2.28. The highest BCUT2D eigenvalue weighted by atomic mass is 16.9. The average molecular weight is 313 g/mol. The SMILES string of the molecule is COC1(OC)ON(Cc2ccccc2)[C@@H](c2ccccc2)[C@H]1C. The Kier molecular flexibility index (Phi) is 4.78. The maximum absolute atomic E-state index is 6.12. The van der Waals surface area contributed by atoms with E-state index in [0.29, 0.717) is 6.54 Å². The van der Waals surface area contributed by atoms with Crippen LogP contribution in [0.25, 0.3) is 0 Å². The molecule has 4 heteroatoms. The van der Waals surface area contributed by atoms with E-state index in [0.717, 1.165) is 0 Å². The number of nitrogens with zero attached hydrogens (tertiary/aromatic N) is 1. The Balaban J connectivity index is 1.94. The van der Waals surface area contributed by atoms with Gasteiger partial charge in [0.1, 0.15) is 0 Å². The van der Waals surface area contributed by atoms with Crippen molar-refractivity contribution in [3.8, 4) is 0 Å². The van der Waals surface area contributed by atoms with Crippen molar-refractivity contribution >= 4 is 0 Å². The lowest BCUT2D eigenvalue weighted by molar-refractivity contribution is -0.412. The van der Waals surface area contributed by atoms with Crippen LogP contribution in [-0.2, 0) is 20.9 Å². The molecule has 3 rings (SSSR count). The predicted molar refractivity (Wildman–Crippen MR) is 88.2 cm³/mol. The third kappa shape index (κ3) is 3.03. The molecule has 23 heavy (non-hydrogen) atoms. The predicted octanol–water partition coefficient (Wildman–Crippen LogP) is 3.76. The zero-order valence-electron chi connectivity index (χ0n) is 13.8. The molecule has 2 aromatic rings. The van der Waals surface area contributed by atoms with Gasteiger partial charge in [-0.25, -0.2) is 4.84 Å². The van der Waals surface area contributed by atoms with Crippen molar-refractivity contribution in [2.24, 2.45) is 5.92 Å². The van der Waals surface area contributed by atoms with E-state index in [-0.39, 0.29) is 12.0 Å². The second kappa shape index (κ2) is 6.81. The molecular formula is C19H23NO3. The summed E-state index contributed by atoms with van der Waals surface area (Å²) in [6, 6.07) is 20.7. The van der Waals surface area contributed by atoms with E-state index >= 15 is 0 Å². The fraction of sp³-hybridized carbons (Fsp3) is 0.368.